The Hall–Kier alpha value is -2.30. The molecule has 0 bridgehead atoms. The van der Waals surface area contributed by atoms with Crippen LogP contribution >= 0.6 is 0 Å². The fourth-order valence-corrected chi connectivity index (χ4v) is 2.76. The summed E-state index contributed by atoms with van der Waals surface area (Å²) in [4.78, 5) is 24.9. The average Bonchev–Trinajstić information content (AvgIpc) is 2.47. The van der Waals surface area contributed by atoms with E-state index in [0.717, 1.165) is 17.9 Å². The predicted octanol–water partition coefficient (Wildman–Crippen LogP) is 1.59. The molecule has 2 aromatic rings. The lowest BCUT2D eigenvalue weighted by molar-refractivity contribution is 0.314. The summed E-state index contributed by atoms with van der Waals surface area (Å²) in [5, 5.41) is 0. The van der Waals surface area contributed by atoms with Gasteiger partial charge in [-0.1, -0.05) is 19.9 Å². The summed E-state index contributed by atoms with van der Waals surface area (Å²) in [6.07, 6.45) is 0.947. The molecule has 110 valence electrons. The van der Waals surface area contributed by atoms with Gasteiger partial charge >= 0.3 is 0 Å². The molecule has 0 fully saturated rings. The highest BCUT2D eigenvalue weighted by Crippen LogP contribution is 2.38. The summed E-state index contributed by atoms with van der Waals surface area (Å²) in [6, 6.07) is 5.97. The molecule has 5 heteroatoms. The van der Waals surface area contributed by atoms with Crippen LogP contribution in [0.25, 0.3) is 0 Å². The monoisotopic (exact) mass is 286 g/mol. The van der Waals surface area contributed by atoms with Crippen molar-refractivity contribution in [2.24, 2.45) is 5.92 Å². The molecule has 0 radical (unpaired) electrons. The molecule has 0 unspecified atom stereocenters. The van der Waals surface area contributed by atoms with Gasteiger partial charge in [0.1, 0.15) is 23.7 Å². The van der Waals surface area contributed by atoms with Crippen molar-refractivity contribution in [2.75, 3.05) is 23.8 Å². The van der Waals surface area contributed by atoms with Gasteiger partial charge in [0.2, 0.25) is 0 Å². The first-order chi connectivity index (χ1) is 9.99. The second-order valence-electron chi connectivity index (χ2n) is 5.82. The highest BCUT2D eigenvalue weighted by molar-refractivity contribution is 5.81. The van der Waals surface area contributed by atoms with Gasteiger partial charge in [0.15, 0.2) is 0 Å². The van der Waals surface area contributed by atoms with E-state index >= 15 is 0 Å². The van der Waals surface area contributed by atoms with Crippen LogP contribution in [0.15, 0.2) is 27.8 Å². The Bertz CT molecular complexity index is 757. The number of nitrogen functional groups attached to an aromatic ring is 1. The Labute approximate surface area is 122 Å². The number of nitrogens with zero attached hydrogens (tertiary/aromatic N) is 1. The zero-order chi connectivity index (χ0) is 15.1. The molecule has 1 aliphatic rings. The largest absolute Gasteiger partial charge is 0.490 e. The van der Waals surface area contributed by atoms with Crippen LogP contribution < -0.4 is 26.2 Å². The summed E-state index contributed by atoms with van der Waals surface area (Å²) in [5.74, 6) is 1.26. The van der Waals surface area contributed by atoms with Gasteiger partial charge in [-0.3, -0.25) is 9.59 Å². The van der Waals surface area contributed by atoms with Gasteiger partial charge in [0.05, 0.1) is 12.2 Å². The third kappa shape index (κ3) is 2.18. The number of hydrogen-bond acceptors (Lipinski definition) is 5. The number of rotatable bonds is 3. The summed E-state index contributed by atoms with van der Waals surface area (Å²) < 4.78 is 5.63. The van der Waals surface area contributed by atoms with Crippen molar-refractivity contribution in [1.82, 2.24) is 0 Å². The van der Waals surface area contributed by atoms with Gasteiger partial charge in [0.25, 0.3) is 10.9 Å². The van der Waals surface area contributed by atoms with Crippen LogP contribution in [0.5, 0.6) is 5.75 Å². The van der Waals surface area contributed by atoms with Crippen LogP contribution in [0.1, 0.15) is 19.4 Å². The third-order valence-corrected chi connectivity index (χ3v) is 3.72. The third-order valence-electron chi connectivity index (χ3n) is 3.72. The van der Waals surface area contributed by atoms with Crippen molar-refractivity contribution in [3.63, 3.8) is 0 Å². The lowest BCUT2D eigenvalue weighted by atomic mass is 10.0. The Balaban J connectivity index is 2.04. The molecule has 1 heterocycles. The van der Waals surface area contributed by atoms with Gasteiger partial charge in [-0.05, 0) is 30.0 Å². The number of nitrogens with two attached hydrogens (primary N) is 1. The first-order valence-electron chi connectivity index (χ1n) is 7.11. The Kier molecular flexibility index (Phi) is 3.20. The van der Waals surface area contributed by atoms with Crippen LogP contribution in [-0.4, -0.2) is 13.2 Å². The van der Waals surface area contributed by atoms with E-state index in [1.165, 1.54) is 5.56 Å². The quantitative estimate of drug-likeness (QED) is 0.868. The Morgan fingerprint density at radius 2 is 2.05 bits per heavy atom. The van der Waals surface area contributed by atoms with E-state index in [1.807, 2.05) is 23.1 Å². The van der Waals surface area contributed by atoms with Crippen molar-refractivity contribution < 1.29 is 4.74 Å². The van der Waals surface area contributed by atoms with Crippen LogP contribution in [0.4, 0.5) is 17.1 Å². The molecule has 5 nitrogen and oxygen atoms in total. The number of fused-ring (bicyclic) bond motifs is 1. The summed E-state index contributed by atoms with van der Waals surface area (Å²) in [7, 11) is 0. The lowest BCUT2D eigenvalue weighted by Crippen LogP contribution is -2.43. The molecule has 2 N–H and O–H groups in total. The number of anilines is 3. The summed E-state index contributed by atoms with van der Waals surface area (Å²) >= 11 is 0. The zero-order valence-corrected chi connectivity index (χ0v) is 12.2. The minimum absolute atomic E-state index is 0.0575. The van der Waals surface area contributed by atoms with Crippen molar-refractivity contribution in [1.29, 1.82) is 0 Å². The molecule has 2 aromatic carbocycles. The lowest BCUT2D eigenvalue weighted by Gasteiger charge is -2.32. The minimum Gasteiger partial charge on any atom is -0.490 e. The first-order valence-corrected chi connectivity index (χ1v) is 7.11. The fourth-order valence-electron chi connectivity index (χ4n) is 2.76. The van der Waals surface area contributed by atoms with Crippen molar-refractivity contribution in [3.05, 3.63) is 44.2 Å². The van der Waals surface area contributed by atoms with Gasteiger partial charge in [0, 0.05) is 0 Å². The Morgan fingerprint density at radius 1 is 1.29 bits per heavy atom. The van der Waals surface area contributed by atoms with Gasteiger partial charge in [-0.15, -0.1) is 0 Å². The molecular formula is C16H18N2O3. The molecule has 0 atom stereocenters. The average molecular weight is 286 g/mol. The smallest absolute Gasteiger partial charge is 0.253 e. The SMILES string of the molecule is CC(C)Cc1ccc2c(c1)N(c1c(N)c(=O)c1=O)CCO2. The molecule has 0 spiro atoms. The first kappa shape index (κ1) is 13.7. The van der Waals surface area contributed by atoms with E-state index in [-0.39, 0.29) is 5.69 Å². The molecule has 0 saturated heterocycles. The fraction of sp³-hybridized carbons (Fsp3) is 0.375. The highest BCUT2D eigenvalue weighted by Gasteiger charge is 2.29. The summed E-state index contributed by atoms with van der Waals surface area (Å²) in [6.45, 7) is 5.30. The van der Waals surface area contributed by atoms with Crippen LogP contribution in [0.3, 0.4) is 0 Å². The van der Waals surface area contributed by atoms with Gasteiger partial charge < -0.3 is 15.4 Å². The summed E-state index contributed by atoms with van der Waals surface area (Å²) in [5.41, 5.74) is 6.96. The maximum absolute atomic E-state index is 11.8. The molecule has 21 heavy (non-hydrogen) atoms. The van der Waals surface area contributed by atoms with E-state index in [9.17, 15) is 9.59 Å². The van der Waals surface area contributed by atoms with Crippen molar-refractivity contribution in [3.8, 4) is 5.75 Å². The van der Waals surface area contributed by atoms with Crippen LogP contribution in [-0.2, 0) is 6.42 Å². The standard InChI is InChI=1S/C16H18N2O3/c1-9(2)7-10-3-4-12-11(8-10)18(5-6-21-12)14-13(17)15(19)16(14)20/h3-4,8-9H,5-7,17H2,1-2H3. The molecule has 0 aromatic heterocycles. The molecule has 0 amide bonds. The maximum atomic E-state index is 11.8. The highest BCUT2D eigenvalue weighted by atomic mass is 16.5. The Morgan fingerprint density at radius 3 is 2.71 bits per heavy atom. The molecule has 3 rings (SSSR count). The maximum Gasteiger partial charge on any atom is 0.253 e. The number of ether oxygens (including phenoxy) is 1. The molecule has 0 aliphatic carbocycles. The molecule has 1 aliphatic heterocycles. The van der Waals surface area contributed by atoms with Crippen LogP contribution in [0.2, 0.25) is 0 Å². The van der Waals surface area contributed by atoms with Crippen LogP contribution in [0, 0.1) is 5.92 Å². The van der Waals surface area contributed by atoms with E-state index in [4.69, 9.17) is 10.5 Å². The number of hydrogen-bond donors (Lipinski definition) is 1. The molecular weight excluding hydrogens is 268 g/mol. The van der Waals surface area contributed by atoms with E-state index in [1.54, 1.807) is 0 Å². The number of benzene rings is 1. The zero-order valence-electron chi connectivity index (χ0n) is 12.2. The van der Waals surface area contributed by atoms with Crippen molar-refractivity contribution >= 4 is 17.1 Å². The van der Waals surface area contributed by atoms with E-state index in [0.29, 0.717) is 24.8 Å². The second-order valence-corrected chi connectivity index (χ2v) is 5.82. The van der Waals surface area contributed by atoms with Gasteiger partial charge in [-0.25, -0.2) is 0 Å². The van der Waals surface area contributed by atoms with Crippen molar-refractivity contribution in [2.45, 2.75) is 20.3 Å². The minimum atomic E-state index is -0.587. The van der Waals surface area contributed by atoms with Gasteiger partial charge in [-0.2, -0.15) is 0 Å². The topological polar surface area (TPSA) is 72.6 Å². The predicted molar refractivity (Wildman–Crippen MR) is 83.3 cm³/mol. The normalized spacial score (nSPS) is 14.3. The molecule has 0 saturated carbocycles. The second kappa shape index (κ2) is 4.91. The van der Waals surface area contributed by atoms with E-state index < -0.39 is 10.9 Å². The van der Waals surface area contributed by atoms with E-state index in [2.05, 4.69) is 13.8 Å².